The van der Waals surface area contributed by atoms with Crippen molar-refractivity contribution in [3.63, 3.8) is 0 Å². The first-order valence-corrected chi connectivity index (χ1v) is 7.12. The lowest BCUT2D eigenvalue weighted by atomic mass is 9.99. The number of fused-ring (bicyclic) bond motifs is 1. The summed E-state index contributed by atoms with van der Waals surface area (Å²) in [6.45, 7) is 2.06. The van der Waals surface area contributed by atoms with Crippen molar-refractivity contribution in [2.75, 3.05) is 19.0 Å². The molecule has 0 amide bonds. The molecule has 2 nitrogen and oxygen atoms in total. The Morgan fingerprint density at radius 1 is 1.00 bits per heavy atom. The molecule has 0 fully saturated rings. The van der Waals surface area contributed by atoms with Crippen LogP contribution in [0.5, 0.6) is 5.75 Å². The molecule has 0 unspecified atom stereocenters. The van der Waals surface area contributed by atoms with Crippen LogP contribution in [0, 0.1) is 0 Å². The van der Waals surface area contributed by atoms with Gasteiger partial charge in [-0.3, -0.25) is 0 Å². The Balaban J connectivity index is 2.07. The molecule has 2 heteroatoms. The van der Waals surface area contributed by atoms with E-state index < -0.39 is 0 Å². The van der Waals surface area contributed by atoms with Crippen molar-refractivity contribution in [1.82, 2.24) is 0 Å². The lowest BCUT2D eigenvalue weighted by Crippen LogP contribution is -2.10. The summed E-state index contributed by atoms with van der Waals surface area (Å²) in [4.78, 5) is 2.08. The van der Waals surface area contributed by atoms with E-state index in [2.05, 4.69) is 54.3 Å². The van der Waals surface area contributed by atoms with Crippen molar-refractivity contribution in [2.24, 2.45) is 0 Å². The van der Waals surface area contributed by atoms with Crippen molar-refractivity contribution in [1.29, 1.82) is 0 Å². The molecule has 2 aromatic rings. The summed E-state index contributed by atoms with van der Waals surface area (Å²) in [6, 6.07) is 16.5. The third kappa shape index (κ3) is 2.57. The van der Waals surface area contributed by atoms with Gasteiger partial charge in [-0.2, -0.15) is 0 Å². The van der Waals surface area contributed by atoms with E-state index in [0.717, 1.165) is 28.3 Å². The molecule has 0 atom stereocenters. The Hall–Kier alpha value is -2.48. The van der Waals surface area contributed by atoms with Crippen molar-refractivity contribution in [3.05, 3.63) is 71.8 Å². The third-order valence-electron chi connectivity index (χ3n) is 3.67. The summed E-state index contributed by atoms with van der Waals surface area (Å²) in [5, 5.41) is 0. The number of ether oxygens (including phenoxy) is 1. The Morgan fingerprint density at radius 2 is 1.76 bits per heavy atom. The first-order valence-electron chi connectivity index (χ1n) is 7.12. The number of anilines is 1. The van der Waals surface area contributed by atoms with Gasteiger partial charge in [0.05, 0.1) is 0 Å². The van der Waals surface area contributed by atoms with Gasteiger partial charge in [0.1, 0.15) is 11.5 Å². The molecule has 1 heterocycles. The molecule has 3 rings (SSSR count). The molecule has 0 spiro atoms. The average Bonchev–Trinajstić information content (AvgIpc) is 2.54. The van der Waals surface area contributed by atoms with Gasteiger partial charge in [-0.1, -0.05) is 36.4 Å². The third-order valence-corrected chi connectivity index (χ3v) is 3.67. The molecule has 1 aliphatic rings. The van der Waals surface area contributed by atoms with Crippen LogP contribution in [0.4, 0.5) is 5.69 Å². The maximum absolute atomic E-state index is 6.13. The standard InChI is InChI=1S/C19H19NO/c1-4-14-12-18(15-8-6-5-7-9-15)21-19-13-16(20(2)3)10-11-17(14)19/h4-13H,1-3H3/b14-4+. The van der Waals surface area contributed by atoms with E-state index in [4.69, 9.17) is 4.74 Å². The Kier molecular flexibility index (Phi) is 3.53. The van der Waals surface area contributed by atoms with Crippen LogP contribution in [0.25, 0.3) is 11.3 Å². The van der Waals surface area contributed by atoms with Gasteiger partial charge in [0.15, 0.2) is 0 Å². The molecule has 0 bridgehead atoms. The molecule has 106 valence electrons. The van der Waals surface area contributed by atoms with E-state index in [1.807, 2.05) is 32.3 Å². The molecule has 0 N–H and O–H groups in total. The minimum atomic E-state index is 0.895. The van der Waals surface area contributed by atoms with Crippen molar-refractivity contribution in [3.8, 4) is 5.75 Å². The topological polar surface area (TPSA) is 12.5 Å². The van der Waals surface area contributed by atoms with E-state index >= 15 is 0 Å². The van der Waals surface area contributed by atoms with Gasteiger partial charge in [-0.25, -0.2) is 0 Å². The van der Waals surface area contributed by atoms with Gasteiger partial charge in [-0.05, 0) is 30.7 Å². The van der Waals surface area contributed by atoms with Crippen molar-refractivity contribution < 1.29 is 4.74 Å². The SMILES string of the molecule is C/C=C1\C=C(c2ccccc2)Oc2cc(N(C)C)ccc21. The van der Waals surface area contributed by atoms with E-state index in [9.17, 15) is 0 Å². The lowest BCUT2D eigenvalue weighted by molar-refractivity contribution is 0.509. The number of benzene rings is 2. The van der Waals surface area contributed by atoms with E-state index in [0.29, 0.717) is 0 Å². The van der Waals surface area contributed by atoms with Gasteiger partial charge in [0, 0.05) is 37.0 Å². The fourth-order valence-corrected chi connectivity index (χ4v) is 2.46. The average molecular weight is 277 g/mol. The molecular formula is C19H19NO. The zero-order valence-corrected chi connectivity index (χ0v) is 12.6. The van der Waals surface area contributed by atoms with Crippen LogP contribution in [-0.4, -0.2) is 14.1 Å². The van der Waals surface area contributed by atoms with Crippen molar-refractivity contribution in [2.45, 2.75) is 6.92 Å². The summed E-state index contributed by atoms with van der Waals surface area (Å²) in [5.74, 6) is 1.81. The molecule has 1 aliphatic heterocycles. The summed E-state index contributed by atoms with van der Waals surface area (Å²) in [7, 11) is 4.07. The highest BCUT2D eigenvalue weighted by Crippen LogP contribution is 2.38. The molecule has 0 aromatic heterocycles. The summed E-state index contributed by atoms with van der Waals surface area (Å²) >= 11 is 0. The van der Waals surface area contributed by atoms with Crippen LogP contribution in [-0.2, 0) is 0 Å². The Bertz CT molecular complexity index is 712. The first kappa shape index (κ1) is 13.5. The van der Waals surface area contributed by atoms with E-state index in [-0.39, 0.29) is 0 Å². The second-order valence-electron chi connectivity index (χ2n) is 5.30. The predicted octanol–water partition coefficient (Wildman–Crippen LogP) is 4.59. The summed E-state index contributed by atoms with van der Waals surface area (Å²) in [6.07, 6.45) is 4.23. The summed E-state index contributed by atoms with van der Waals surface area (Å²) in [5.41, 5.74) is 4.57. The second kappa shape index (κ2) is 5.49. The number of hydrogen-bond donors (Lipinski definition) is 0. The molecule has 0 radical (unpaired) electrons. The zero-order chi connectivity index (χ0) is 14.8. The van der Waals surface area contributed by atoms with Crippen LogP contribution in [0.2, 0.25) is 0 Å². The van der Waals surface area contributed by atoms with Gasteiger partial charge in [-0.15, -0.1) is 0 Å². The number of rotatable bonds is 2. The highest BCUT2D eigenvalue weighted by Gasteiger charge is 2.18. The van der Waals surface area contributed by atoms with Crippen molar-refractivity contribution >= 4 is 17.0 Å². The Labute approximate surface area is 126 Å². The van der Waals surface area contributed by atoms with Crippen LogP contribution < -0.4 is 9.64 Å². The Morgan fingerprint density at radius 3 is 2.43 bits per heavy atom. The lowest BCUT2D eigenvalue weighted by Gasteiger charge is -2.23. The zero-order valence-electron chi connectivity index (χ0n) is 12.6. The van der Waals surface area contributed by atoms with Crippen LogP contribution in [0.1, 0.15) is 18.1 Å². The minimum absolute atomic E-state index is 0.895. The maximum atomic E-state index is 6.13. The predicted molar refractivity (Wildman–Crippen MR) is 89.5 cm³/mol. The highest BCUT2D eigenvalue weighted by atomic mass is 16.5. The van der Waals surface area contributed by atoms with Crippen LogP contribution >= 0.6 is 0 Å². The fourth-order valence-electron chi connectivity index (χ4n) is 2.46. The highest BCUT2D eigenvalue weighted by molar-refractivity contribution is 5.88. The number of nitrogens with zero attached hydrogens (tertiary/aromatic N) is 1. The molecular weight excluding hydrogens is 258 g/mol. The number of hydrogen-bond acceptors (Lipinski definition) is 2. The van der Waals surface area contributed by atoms with Gasteiger partial charge in [0.25, 0.3) is 0 Å². The van der Waals surface area contributed by atoms with Crippen LogP contribution in [0.15, 0.2) is 60.7 Å². The summed E-state index contributed by atoms with van der Waals surface area (Å²) < 4.78 is 6.13. The first-order chi connectivity index (χ1) is 10.2. The van der Waals surface area contributed by atoms with Gasteiger partial charge in [0.2, 0.25) is 0 Å². The molecule has 0 saturated heterocycles. The quantitative estimate of drug-likeness (QED) is 0.796. The largest absolute Gasteiger partial charge is 0.456 e. The maximum Gasteiger partial charge on any atom is 0.137 e. The smallest absolute Gasteiger partial charge is 0.137 e. The molecule has 21 heavy (non-hydrogen) atoms. The monoisotopic (exact) mass is 277 g/mol. The van der Waals surface area contributed by atoms with Gasteiger partial charge < -0.3 is 9.64 Å². The number of allylic oxidation sites excluding steroid dienone is 3. The molecule has 0 saturated carbocycles. The molecule has 0 aliphatic carbocycles. The van der Waals surface area contributed by atoms with E-state index in [1.165, 1.54) is 5.57 Å². The van der Waals surface area contributed by atoms with Crippen LogP contribution in [0.3, 0.4) is 0 Å². The minimum Gasteiger partial charge on any atom is -0.456 e. The van der Waals surface area contributed by atoms with Gasteiger partial charge >= 0.3 is 0 Å². The fraction of sp³-hybridized carbons (Fsp3) is 0.158. The molecule has 2 aromatic carbocycles. The normalized spacial score (nSPS) is 15.2. The second-order valence-corrected chi connectivity index (χ2v) is 5.30. The van der Waals surface area contributed by atoms with E-state index in [1.54, 1.807) is 0 Å².